The molecule has 0 saturated carbocycles. The Hall–Kier alpha value is -0.620. The Labute approximate surface area is 97.1 Å². The number of rotatable bonds is 5. The molecule has 1 heterocycles. The van der Waals surface area contributed by atoms with Gasteiger partial charge in [-0.1, -0.05) is 13.8 Å². The van der Waals surface area contributed by atoms with E-state index in [1.165, 1.54) is 6.26 Å². The highest BCUT2D eigenvalue weighted by molar-refractivity contribution is 7.90. The molecule has 0 aromatic carbocycles. The number of carbonyl (C=O) groups is 1. The lowest BCUT2D eigenvalue weighted by Gasteiger charge is -2.27. The van der Waals surface area contributed by atoms with Crippen LogP contribution in [0, 0.1) is 5.92 Å². The third-order valence-electron chi connectivity index (χ3n) is 2.66. The molecule has 1 aliphatic rings. The van der Waals surface area contributed by atoms with Crippen molar-refractivity contribution in [3.05, 3.63) is 0 Å². The lowest BCUT2D eigenvalue weighted by Crippen LogP contribution is -2.42. The van der Waals surface area contributed by atoms with Crippen LogP contribution in [0.25, 0.3) is 0 Å². The maximum Gasteiger partial charge on any atom is 0.237 e. The highest BCUT2D eigenvalue weighted by Gasteiger charge is 2.31. The Balaban J connectivity index is 2.48. The van der Waals surface area contributed by atoms with Crippen LogP contribution in [0.15, 0.2) is 0 Å². The molecular formula is C10H20N2O3S. The van der Waals surface area contributed by atoms with Crippen LogP contribution in [-0.4, -0.2) is 50.5 Å². The zero-order valence-corrected chi connectivity index (χ0v) is 10.9. The molecule has 1 amide bonds. The van der Waals surface area contributed by atoms with Crippen molar-refractivity contribution in [1.29, 1.82) is 0 Å². The second-order valence-electron chi connectivity index (χ2n) is 4.64. The first-order valence-electron chi connectivity index (χ1n) is 5.52. The standard InChI is InChI=1S/C10H20N2O3S/c1-8(2)10-11-7-9(13)12(10)5-4-6-16(3,14)15/h8,10-11H,4-7H2,1-3H3. The highest BCUT2D eigenvalue weighted by Crippen LogP contribution is 2.14. The SMILES string of the molecule is CC(C)C1NCC(=O)N1CCCS(C)(=O)=O. The van der Waals surface area contributed by atoms with Crippen LogP contribution in [0.3, 0.4) is 0 Å². The lowest BCUT2D eigenvalue weighted by atomic mass is 10.1. The van der Waals surface area contributed by atoms with E-state index < -0.39 is 9.84 Å². The molecule has 1 atom stereocenters. The molecule has 94 valence electrons. The minimum atomic E-state index is -2.93. The number of carbonyl (C=O) groups excluding carboxylic acids is 1. The summed E-state index contributed by atoms with van der Waals surface area (Å²) in [4.78, 5) is 13.3. The van der Waals surface area contributed by atoms with E-state index in [-0.39, 0.29) is 17.8 Å². The molecule has 1 unspecified atom stereocenters. The van der Waals surface area contributed by atoms with Gasteiger partial charge in [0, 0.05) is 12.8 Å². The first-order valence-corrected chi connectivity index (χ1v) is 7.58. The van der Waals surface area contributed by atoms with Gasteiger partial charge in [0.1, 0.15) is 9.84 Å². The fraction of sp³-hybridized carbons (Fsp3) is 0.900. The van der Waals surface area contributed by atoms with Crippen molar-refractivity contribution in [3.8, 4) is 0 Å². The Morgan fingerprint density at radius 3 is 2.62 bits per heavy atom. The number of nitrogens with zero attached hydrogens (tertiary/aromatic N) is 1. The molecule has 1 fully saturated rings. The largest absolute Gasteiger partial charge is 0.326 e. The average Bonchev–Trinajstić information content (AvgIpc) is 2.46. The first kappa shape index (κ1) is 13.4. The molecule has 0 aromatic heterocycles. The van der Waals surface area contributed by atoms with Gasteiger partial charge in [-0.2, -0.15) is 0 Å². The Kier molecular flexibility index (Phi) is 4.32. The van der Waals surface area contributed by atoms with E-state index in [0.29, 0.717) is 25.4 Å². The summed E-state index contributed by atoms with van der Waals surface area (Å²) in [5, 5.41) is 3.13. The molecule has 0 aliphatic carbocycles. The Bertz CT molecular complexity index is 351. The zero-order chi connectivity index (χ0) is 12.3. The Morgan fingerprint density at radius 1 is 1.50 bits per heavy atom. The number of sulfone groups is 1. The van der Waals surface area contributed by atoms with Crippen molar-refractivity contribution in [2.75, 3.05) is 25.1 Å². The molecule has 5 nitrogen and oxygen atoms in total. The van der Waals surface area contributed by atoms with Gasteiger partial charge in [-0.05, 0) is 12.3 Å². The molecule has 1 N–H and O–H groups in total. The molecule has 6 heteroatoms. The van der Waals surface area contributed by atoms with E-state index in [1.54, 1.807) is 4.90 Å². The minimum absolute atomic E-state index is 0.0482. The fourth-order valence-corrected chi connectivity index (χ4v) is 2.57. The van der Waals surface area contributed by atoms with Crippen molar-refractivity contribution in [2.24, 2.45) is 5.92 Å². The van der Waals surface area contributed by atoms with Crippen LogP contribution in [0.4, 0.5) is 0 Å². The number of nitrogens with one attached hydrogen (secondary N) is 1. The molecule has 0 radical (unpaired) electrons. The van der Waals surface area contributed by atoms with E-state index >= 15 is 0 Å². The first-order chi connectivity index (χ1) is 7.31. The summed E-state index contributed by atoms with van der Waals surface area (Å²) in [6, 6.07) is 0. The number of hydrogen-bond acceptors (Lipinski definition) is 4. The fourth-order valence-electron chi connectivity index (χ4n) is 1.92. The second kappa shape index (κ2) is 5.14. The summed E-state index contributed by atoms with van der Waals surface area (Å²) in [6.07, 6.45) is 1.78. The highest BCUT2D eigenvalue weighted by atomic mass is 32.2. The topological polar surface area (TPSA) is 66.5 Å². The number of hydrogen-bond donors (Lipinski definition) is 1. The van der Waals surface area contributed by atoms with Crippen LogP contribution in [0.2, 0.25) is 0 Å². The molecule has 0 bridgehead atoms. The summed E-state index contributed by atoms with van der Waals surface area (Å²) in [5.74, 6) is 0.540. The summed E-state index contributed by atoms with van der Waals surface area (Å²) < 4.78 is 22.0. The molecule has 1 saturated heterocycles. The van der Waals surface area contributed by atoms with Gasteiger partial charge in [0.25, 0.3) is 0 Å². The molecule has 0 aromatic rings. The van der Waals surface area contributed by atoms with Gasteiger partial charge in [-0.25, -0.2) is 8.42 Å². The molecule has 16 heavy (non-hydrogen) atoms. The van der Waals surface area contributed by atoms with Gasteiger partial charge < -0.3 is 4.90 Å². The maximum atomic E-state index is 11.6. The van der Waals surface area contributed by atoms with Crippen LogP contribution in [-0.2, 0) is 14.6 Å². The summed E-state index contributed by atoms with van der Waals surface area (Å²) in [5.41, 5.74) is 0. The van der Waals surface area contributed by atoms with Crippen molar-refractivity contribution in [3.63, 3.8) is 0 Å². The van der Waals surface area contributed by atoms with E-state index in [1.807, 2.05) is 13.8 Å². The van der Waals surface area contributed by atoms with Crippen molar-refractivity contribution in [2.45, 2.75) is 26.4 Å². The van der Waals surface area contributed by atoms with E-state index in [4.69, 9.17) is 0 Å². The van der Waals surface area contributed by atoms with E-state index in [2.05, 4.69) is 5.32 Å². The van der Waals surface area contributed by atoms with Crippen molar-refractivity contribution < 1.29 is 13.2 Å². The van der Waals surface area contributed by atoms with Gasteiger partial charge in [0.2, 0.25) is 5.91 Å². The van der Waals surface area contributed by atoms with Gasteiger partial charge in [0.15, 0.2) is 0 Å². The predicted molar refractivity (Wildman–Crippen MR) is 62.7 cm³/mol. The van der Waals surface area contributed by atoms with Gasteiger partial charge in [-0.3, -0.25) is 10.1 Å². The number of amides is 1. The van der Waals surface area contributed by atoms with E-state index in [0.717, 1.165) is 0 Å². The normalized spacial score (nSPS) is 22.1. The monoisotopic (exact) mass is 248 g/mol. The second-order valence-corrected chi connectivity index (χ2v) is 6.90. The van der Waals surface area contributed by atoms with E-state index in [9.17, 15) is 13.2 Å². The predicted octanol–water partition coefficient (Wildman–Crippen LogP) is -0.165. The minimum Gasteiger partial charge on any atom is -0.326 e. The van der Waals surface area contributed by atoms with Gasteiger partial charge in [0.05, 0.1) is 18.5 Å². The summed E-state index contributed by atoms with van der Waals surface area (Å²) >= 11 is 0. The van der Waals surface area contributed by atoms with Gasteiger partial charge in [-0.15, -0.1) is 0 Å². The molecule has 1 rings (SSSR count). The average molecular weight is 248 g/mol. The molecule has 1 aliphatic heterocycles. The lowest BCUT2D eigenvalue weighted by molar-refractivity contribution is -0.128. The maximum absolute atomic E-state index is 11.6. The van der Waals surface area contributed by atoms with Crippen molar-refractivity contribution in [1.82, 2.24) is 10.2 Å². The molecule has 0 spiro atoms. The smallest absolute Gasteiger partial charge is 0.237 e. The van der Waals surface area contributed by atoms with Crippen LogP contribution in [0.1, 0.15) is 20.3 Å². The third kappa shape index (κ3) is 3.75. The Morgan fingerprint density at radius 2 is 2.12 bits per heavy atom. The van der Waals surface area contributed by atoms with Crippen LogP contribution < -0.4 is 5.32 Å². The zero-order valence-electron chi connectivity index (χ0n) is 10.1. The third-order valence-corrected chi connectivity index (χ3v) is 3.69. The van der Waals surface area contributed by atoms with Crippen LogP contribution in [0.5, 0.6) is 0 Å². The van der Waals surface area contributed by atoms with Crippen LogP contribution >= 0.6 is 0 Å². The summed E-state index contributed by atoms with van der Waals surface area (Å²) in [7, 11) is -2.93. The summed E-state index contributed by atoms with van der Waals surface area (Å²) in [6.45, 7) is 4.96. The van der Waals surface area contributed by atoms with Crippen molar-refractivity contribution >= 4 is 15.7 Å². The molecular weight excluding hydrogens is 228 g/mol. The van der Waals surface area contributed by atoms with Gasteiger partial charge >= 0.3 is 0 Å². The quantitative estimate of drug-likeness (QED) is 0.734.